The number of ether oxygens (including phenoxy) is 3. The Morgan fingerprint density at radius 1 is 0.935 bits per heavy atom. The van der Waals surface area contributed by atoms with E-state index >= 15 is 0 Å². The average molecular weight is 622 g/mol. The van der Waals surface area contributed by atoms with E-state index in [9.17, 15) is 0 Å². The van der Waals surface area contributed by atoms with Gasteiger partial charge in [0.05, 0.1) is 37.0 Å². The van der Waals surface area contributed by atoms with Crippen molar-refractivity contribution in [3.05, 3.63) is 78.8 Å². The molecule has 3 aliphatic heterocycles. The highest BCUT2D eigenvalue weighted by molar-refractivity contribution is 5.75. The third kappa shape index (κ3) is 6.28. The minimum absolute atomic E-state index is 0.00833. The van der Waals surface area contributed by atoms with Crippen molar-refractivity contribution in [2.75, 3.05) is 42.3 Å². The Labute approximate surface area is 268 Å². The fourth-order valence-electron chi connectivity index (χ4n) is 6.70. The normalized spacial score (nSPS) is 22.4. The number of rotatable bonds is 10. The molecule has 1 aromatic carbocycles. The summed E-state index contributed by atoms with van der Waals surface area (Å²) in [6, 6.07) is 18.4. The molecule has 6 heterocycles. The van der Waals surface area contributed by atoms with E-state index < -0.39 is 0 Å². The largest absolute Gasteiger partial charge is 0.496 e. The van der Waals surface area contributed by atoms with Crippen LogP contribution < -0.4 is 29.7 Å². The number of benzene rings is 1. The molecule has 11 heteroatoms. The number of nitrogens with zero attached hydrogens (tertiary/aromatic N) is 6. The molecule has 11 nitrogen and oxygen atoms in total. The fraction of sp³-hybridized carbons (Fsp3) is 0.371. The highest BCUT2D eigenvalue weighted by Crippen LogP contribution is 2.39. The Balaban J connectivity index is 0.997. The zero-order valence-electron chi connectivity index (χ0n) is 25.9. The number of aliphatic hydroxyl groups excluding tert-OH is 1. The zero-order chi connectivity index (χ0) is 31.5. The smallest absolute Gasteiger partial charge is 0.215 e. The molecule has 2 unspecified atom stereocenters. The van der Waals surface area contributed by atoms with Crippen LogP contribution in [-0.2, 0) is 0 Å². The Kier molecular flexibility index (Phi) is 8.56. The van der Waals surface area contributed by atoms with Crippen LogP contribution in [0.4, 0.5) is 17.2 Å². The van der Waals surface area contributed by atoms with Gasteiger partial charge in [0.2, 0.25) is 5.88 Å². The van der Waals surface area contributed by atoms with Gasteiger partial charge in [-0.2, -0.15) is 0 Å². The summed E-state index contributed by atoms with van der Waals surface area (Å²) in [5.74, 6) is 2.58. The molecule has 3 N–H and O–H groups in total. The molecule has 2 bridgehead atoms. The molecular formula is C35H39N7O4. The molecule has 3 saturated heterocycles. The minimum atomic E-state index is -0.00833. The lowest BCUT2D eigenvalue weighted by Crippen LogP contribution is -2.57. The first kappa shape index (κ1) is 29.8. The van der Waals surface area contributed by atoms with Crippen LogP contribution >= 0.6 is 0 Å². The second-order valence-corrected chi connectivity index (χ2v) is 12.1. The first-order chi connectivity index (χ1) is 22.6. The maximum absolute atomic E-state index is 8.93. The maximum atomic E-state index is 8.93. The fourth-order valence-corrected chi connectivity index (χ4v) is 6.70. The van der Waals surface area contributed by atoms with Gasteiger partial charge < -0.3 is 34.9 Å². The van der Waals surface area contributed by atoms with E-state index in [1.165, 1.54) is 0 Å². The van der Waals surface area contributed by atoms with Crippen LogP contribution in [0, 0.1) is 0 Å². The maximum Gasteiger partial charge on any atom is 0.215 e. The summed E-state index contributed by atoms with van der Waals surface area (Å²) in [5, 5.41) is 17.7. The number of anilines is 3. The summed E-state index contributed by atoms with van der Waals surface area (Å²) >= 11 is 0. The molecule has 0 amide bonds. The van der Waals surface area contributed by atoms with E-state index in [-0.39, 0.29) is 24.9 Å². The number of fused-ring (bicyclic) bond motifs is 4. The van der Waals surface area contributed by atoms with Crippen LogP contribution in [0.25, 0.3) is 17.3 Å². The van der Waals surface area contributed by atoms with Crippen molar-refractivity contribution in [3.8, 4) is 28.6 Å². The highest BCUT2D eigenvalue weighted by Gasteiger charge is 2.38. The molecule has 46 heavy (non-hydrogen) atoms. The van der Waals surface area contributed by atoms with Crippen LogP contribution in [0.2, 0.25) is 0 Å². The average Bonchev–Trinajstić information content (AvgIpc) is 3.42. The van der Waals surface area contributed by atoms with E-state index in [0.717, 1.165) is 85.0 Å². The van der Waals surface area contributed by atoms with Gasteiger partial charge in [-0.1, -0.05) is 18.2 Å². The van der Waals surface area contributed by atoms with Gasteiger partial charge in [0.15, 0.2) is 5.82 Å². The quantitative estimate of drug-likeness (QED) is 0.254. The van der Waals surface area contributed by atoms with Gasteiger partial charge >= 0.3 is 0 Å². The number of para-hydroxylation sites is 1. The standard InChI is InChI=1S/C35H39N7O4/c1-44-33-10-3-2-9-30(33)31-19-32(35(36)40-39-31)42-22-25-7-4-8-26(42)21-41(25)24-13-14-37-34(16-24)46-29-17-28(18-29)45-27-12-11-23(38-20-27)6-5-15-43/h2-3,5-6,9-14,16,19-20,25-26,28-29,43H,4,7-8,15,17-18,21-22H2,1H3,(H2,36,40)/b6-5+. The number of hydrogen-bond acceptors (Lipinski definition) is 11. The molecule has 8 rings (SSSR count). The van der Waals surface area contributed by atoms with Crippen LogP contribution in [0.5, 0.6) is 17.4 Å². The van der Waals surface area contributed by atoms with Crippen molar-refractivity contribution >= 4 is 23.3 Å². The molecule has 3 aromatic heterocycles. The van der Waals surface area contributed by atoms with E-state index in [0.29, 0.717) is 17.7 Å². The van der Waals surface area contributed by atoms with E-state index in [4.69, 9.17) is 25.1 Å². The number of nitrogen functional groups attached to an aromatic ring is 1. The van der Waals surface area contributed by atoms with E-state index in [1.54, 1.807) is 25.5 Å². The Morgan fingerprint density at radius 3 is 2.54 bits per heavy atom. The third-order valence-corrected chi connectivity index (χ3v) is 9.11. The van der Waals surface area contributed by atoms with Crippen LogP contribution in [0.3, 0.4) is 0 Å². The van der Waals surface area contributed by atoms with Crippen molar-refractivity contribution in [3.63, 3.8) is 0 Å². The second kappa shape index (κ2) is 13.2. The Hall–Kier alpha value is -4.90. The van der Waals surface area contributed by atoms with E-state index in [2.05, 4.69) is 48.2 Å². The second-order valence-electron chi connectivity index (χ2n) is 12.1. The molecule has 2 atom stereocenters. The highest BCUT2D eigenvalue weighted by atomic mass is 16.5. The van der Waals surface area contributed by atoms with Crippen LogP contribution in [-0.4, -0.2) is 76.4 Å². The van der Waals surface area contributed by atoms with Gasteiger partial charge in [-0.15, -0.1) is 10.2 Å². The minimum Gasteiger partial charge on any atom is -0.496 e. The van der Waals surface area contributed by atoms with Crippen molar-refractivity contribution in [2.45, 2.75) is 56.4 Å². The monoisotopic (exact) mass is 621 g/mol. The molecule has 238 valence electrons. The molecule has 1 aliphatic carbocycles. The summed E-state index contributed by atoms with van der Waals surface area (Å²) in [4.78, 5) is 13.8. The number of pyridine rings is 2. The van der Waals surface area contributed by atoms with Crippen LogP contribution in [0.1, 0.15) is 37.8 Å². The van der Waals surface area contributed by atoms with Gasteiger partial charge in [-0.3, -0.25) is 4.98 Å². The van der Waals surface area contributed by atoms with Gasteiger partial charge in [-0.25, -0.2) is 4.98 Å². The number of methoxy groups -OCH3 is 1. The van der Waals surface area contributed by atoms with Gasteiger partial charge in [0.25, 0.3) is 0 Å². The van der Waals surface area contributed by atoms with Crippen molar-refractivity contribution in [1.29, 1.82) is 0 Å². The van der Waals surface area contributed by atoms with E-state index in [1.807, 2.05) is 42.6 Å². The summed E-state index contributed by atoms with van der Waals surface area (Å²) in [6.45, 7) is 1.72. The molecule has 4 fully saturated rings. The Bertz CT molecular complexity index is 1680. The summed E-state index contributed by atoms with van der Waals surface area (Å²) in [7, 11) is 1.67. The van der Waals surface area contributed by atoms with Crippen molar-refractivity contribution < 1.29 is 19.3 Å². The van der Waals surface area contributed by atoms with Gasteiger partial charge in [-0.05, 0) is 61.7 Å². The van der Waals surface area contributed by atoms with Gasteiger partial charge in [0.1, 0.15) is 23.7 Å². The molecule has 4 aromatic rings. The SMILES string of the molecule is COc1ccccc1-c1cc(N2CC3CCCC2CN3c2ccnc(OC3CC(Oc4ccc(/C=C/CO)nc4)C3)c2)c(N)nn1. The topological polar surface area (TPSA) is 132 Å². The number of hydrogen-bond donors (Lipinski definition) is 2. The molecule has 0 radical (unpaired) electrons. The lowest BCUT2D eigenvalue weighted by Gasteiger charge is -2.46. The lowest BCUT2D eigenvalue weighted by molar-refractivity contribution is 0.00210. The predicted octanol–water partition coefficient (Wildman–Crippen LogP) is 4.77. The summed E-state index contributed by atoms with van der Waals surface area (Å²) in [5.41, 5.74) is 10.9. The summed E-state index contributed by atoms with van der Waals surface area (Å²) < 4.78 is 17.9. The zero-order valence-corrected chi connectivity index (χ0v) is 25.9. The third-order valence-electron chi connectivity index (χ3n) is 9.11. The first-order valence-electron chi connectivity index (χ1n) is 15.9. The molecule has 4 aliphatic rings. The van der Waals surface area contributed by atoms with Gasteiger partial charge in [0, 0.05) is 61.5 Å². The predicted molar refractivity (Wildman–Crippen MR) is 177 cm³/mol. The van der Waals surface area contributed by atoms with Crippen molar-refractivity contribution in [2.24, 2.45) is 0 Å². The van der Waals surface area contributed by atoms with Crippen LogP contribution in [0.15, 0.2) is 73.1 Å². The molecular weight excluding hydrogens is 582 g/mol. The number of nitrogens with two attached hydrogens (primary N) is 1. The summed E-state index contributed by atoms with van der Waals surface area (Å²) in [6.07, 6.45) is 12.0. The number of aromatic nitrogens is 4. The molecule has 0 spiro atoms. The first-order valence-corrected chi connectivity index (χ1v) is 15.9. The Morgan fingerprint density at radius 2 is 1.74 bits per heavy atom. The lowest BCUT2D eigenvalue weighted by atomic mass is 9.92. The molecule has 1 saturated carbocycles. The number of piperazine rings is 1. The van der Waals surface area contributed by atoms with Crippen molar-refractivity contribution in [1.82, 2.24) is 20.2 Å². The number of aliphatic hydroxyl groups is 1.